The van der Waals surface area contributed by atoms with Gasteiger partial charge in [0.1, 0.15) is 18.9 Å². The molecule has 0 unspecified atom stereocenters. The Bertz CT molecular complexity index is 817. The Hall–Kier alpha value is -2.91. The summed E-state index contributed by atoms with van der Waals surface area (Å²) in [6.07, 6.45) is 4.67. The van der Waals surface area contributed by atoms with Crippen molar-refractivity contribution >= 4 is 18.0 Å². The molecule has 9 heteroatoms. The molecule has 0 saturated carbocycles. The molecule has 1 aromatic carbocycles. The normalized spacial score (nSPS) is 14.2. The molecule has 0 bridgehead atoms. The average Bonchev–Trinajstić information content (AvgIpc) is 3.22. The van der Waals surface area contributed by atoms with E-state index in [-0.39, 0.29) is 12.5 Å². The van der Waals surface area contributed by atoms with Gasteiger partial charge in [-0.1, -0.05) is 17.7 Å². The molecule has 1 aromatic heterocycles. The molecule has 168 valence electrons. The highest BCUT2D eigenvalue weighted by atomic mass is 16.5. The van der Waals surface area contributed by atoms with Crippen molar-refractivity contribution in [3.05, 3.63) is 42.2 Å². The second-order valence-electron chi connectivity index (χ2n) is 7.68. The summed E-state index contributed by atoms with van der Waals surface area (Å²) in [4.78, 5) is 27.8. The van der Waals surface area contributed by atoms with E-state index in [0.29, 0.717) is 31.8 Å². The highest BCUT2D eigenvalue weighted by Gasteiger charge is 2.16. The molecule has 1 aliphatic heterocycles. The van der Waals surface area contributed by atoms with Crippen molar-refractivity contribution in [2.24, 2.45) is 0 Å². The third kappa shape index (κ3) is 7.69. The molecule has 0 aliphatic carbocycles. The lowest BCUT2D eigenvalue weighted by atomic mass is 10.2. The zero-order valence-electron chi connectivity index (χ0n) is 18.1. The predicted octanol–water partition coefficient (Wildman–Crippen LogP) is 0.963. The van der Waals surface area contributed by atoms with E-state index in [1.807, 2.05) is 36.1 Å². The lowest BCUT2D eigenvalue weighted by Gasteiger charge is -2.29. The topological polar surface area (TPSA) is 91.7 Å². The van der Waals surface area contributed by atoms with Crippen LogP contribution in [0.2, 0.25) is 0 Å². The molecule has 1 saturated heterocycles. The van der Waals surface area contributed by atoms with Crippen LogP contribution in [-0.4, -0.2) is 84.3 Å². The number of anilines is 1. The van der Waals surface area contributed by atoms with Gasteiger partial charge in [-0.25, -0.2) is 0 Å². The number of nitrogens with one attached hydrogen (secondary N) is 2. The largest absolute Gasteiger partial charge is 0.492 e. The van der Waals surface area contributed by atoms with Gasteiger partial charge in [0.2, 0.25) is 12.3 Å². The maximum Gasteiger partial charge on any atom is 0.244 e. The Morgan fingerprint density at radius 1 is 1.26 bits per heavy atom. The average molecular weight is 429 g/mol. The number of rotatable bonds is 12. The van der Waals surface area contributed by atoms with Crippen molar-refractivity contribution in [2.45, 2.75) is 19.9 Å². The van der Waals surface area contributed by atoms with Gasteiger partial charge in [0.15, 0.2) is 0 Å². The van der Waals surface area contributed by atoms with E-state index in [1.165, 1.54) is 16.4 Å². The van der Waals surface area contributed by atoms with Gasteiger partial charge in [0.25, 0.3) is 0 Å². The number of aryl methyl sites for hydroxylation is 1. The molecule has 2 aromatic rings. The summed E-state index contributed by atoms with van der Waals surface area (Å²) >= 11 is 0. The van der Waals surface area contributed by atoms with Gasteiger partial charge in [-0.3, -0.25) is 14.3 Å². The van der Waals surface area contributed by atoms with Crippen LogP contribution in [0.25, 0.3) is 0 Å². The first-order valence-corrected chi connectivity index (χ1v) is 10.8. The van der Waals surface area contributed by atoms with E-state index in [4.69, 9.17) is 4.74 Å². The number of carbonyl (C=O) groups is 2. The third-order valence-corrected chi connectivity index (χ3v) is 5.27. The summed E-state index contributed by atoms with van der Waals surface area (Å²) in [5, 5.41) is 10.0. The Balaban J connectivity index is 1.52. The molecule has 9 nitrogen and oxygen atoms in total. The summed E-state index contributed by atoms with van der Waals surface area (Å²) in [6, 6.07) is 7.90. The van der Waals surface area contributed by atoms with Crippen LogP contribution < -0.4 is 15.4 Å². The monoisotopic (exact) mass is 428 g/mol. The minimum absolute atomic E-state index is 0.0198. The molecule has 2 amide bonds. The lowest BCUT2D eigenvalue weighted by molar-refractivity contribution is -0.132. The smallest absolute Gasteiger partial charge is 0.244 e. The fraction of sp³-hybridized carbons (Fsp3) is 0.500. The van der Waals surface area contributed by atoms with Crippen LogP contribution in [0.1, 0.15) is 12.0 Å². The summed E-state index contributed by atoms with van der Waals surface area (Å²) in [7, 11) is 0. The molecule has 2 N–H and O–H groups in total. The number of nitrogens with zero attached hydrogens (tertiary/aromatic N) is 4. The maximum absolute atomic E-state index is 12.9. The van der Waals surface area contributed by atoms with Crippen LogP contribution in [-0.2, 0) is 16.1 Å². The molecule has 0 radical (unpaired) electrons. The van der Waals surface area contributed by atoms with Crippen molar-refractivity contribution in [3.8, 4) is 5.75 Å². The molecule has 2 heterocycles. The van der Waals surface area contributed by atoms with Crippen LogP contribution in [0.4, 0.5) is 5.69 Å². The number of piperazine rings is 1. The van der Waals surface area contributed by atoms with Crippen LogP contribution >= 0.6 is 0 Å². The van der Waals surface area contributed by atoms with Gasteiger partial charge >= 0.3 is 0 Å². The fourth-order valence-corrected chi connectivity index (χ4v) is 3.52. The number of hydrogen-bond donors (Lipinski definition) is 2. The maximum atomic E-state index is 12.9. The van der Waals surface area contributed by atoms with E-state index in [0.717, 1.165) is 44.9 Å². The first-order valence-electron chi connectivity index (χ1n) is 10.8. The Morgan fingerprint density at radius 2 is 2.03 bits per heavy atom. The van der Waals surface area contributed by atoms with E-state index < -0.39 is 0 Å². The van der Waals surface area contributed by atoms with Crippen molar-refractivity contribution in [1.29, 1.82) is 0 Å². The molecule has 31 heavy (non-hydrogen) atoms. The number of carbonyl (C=O) groups excluding carboxylic acids is 2. The first kappa shape index (κ1) is 22.8. The van der Waals surface area contributed by atoms with E-state index in [2.05, 4.69) is 20.6 Å². The molecule has 1 fully saturated rings. The fourth-order valence-electron chi connectivity index (χ4n) is 3.52. The molecular weight excluding hydrogens is 396 g/mol. The Kier molecular flexibility index (Phi) is 8.86. The summed E-state index contributed by atoms with van der Waals surface area (Å²) in [5.41, 5.74) is 1.75. The summed E-state index contributed by atoms with van der Waals surface area (Å²) in [5.74, 6) is 0.782. The first-order chi connectivity index (χ1) is 15.1. The van der Waals surface area contributed by atoms with Crippen LogP contribution in [0, 0.1) is 6.92 Å². The second-order valence-corrected chi connectivity index (χ2v) is 7.68. The number of amides is 2. The van der Waals surface area contributed by atoms with E-state index in [9.17, 15) is 9.59 Å². The van der Waals surface area contributed by atoms with Gasteiger partial charge in [-0.2, -0.15) is 5.10 Å². The number of aromatic nitrogens is 2. The van der Waals surface area contributed by atoms with Crippen LogP contribution in [0.5, 0.6) is 5.75 Å². The second kappa shape index (κ2) is 12.1. The van der Waals surface area contributed by atoms with Gasteiger partial charge in [-0.05, 0) is 32.0 Å². The quantitative estimate of drug-likeness (QED) is 0.490. The van der Waals surface area contributed by atoms with E-state index in [1.54, 1.807) is 6.20 Å². The number of hydrogen-bond acceptors (Lipinski definition) is 6. The number of benzene rings is 1. The molecule has 1 aliphatic rings. The summed E-state index contributed by atoms with van der Waals surface area (Å²) < 4.78 is 7.38. The van der Waals surface area contributed by atoms with Crippen molar-refractivity contribution < 1.29 is 14.3 Å². The van der Waals surface area contributed by atoms with Gasteiger partial charge in [-0.15, -0.1) is 0 Å². The lowest BCUT2D eigenvalue weighted by Crippen LogP contribution is -2.45. The Labute approximate surface area is 183 Å². The molecule has 0 atom stereocenters. The highest BCUT2D eigenvalue weighted by Crippen LogP contribution is 2.11. The minimum Gasteiger partial charge on any atom is -0.492 e. The van der Waals surface area contributed by atoms with Crippen molar-refractivity contribution in [2.75, 3.05) is 57.7 Å². The predicted molar refractivity (Wildman–Crippen MR) is 119 cm³/mol. The molecule has 3 rings (SSSR count). The van der Waals surface area contributed by atoms with Gasteiger partial charge in [0, 0.05) is 38.9 Å². The zero-order valence-corrected chi connectivity index (χ0v) is 18.1. The zero-order chi connectivity index (χ0) is 21.9. The SMILES string of the molecule is Cc1ccc(OCCN(CCCN2CCNCC2)C(=O)Cn2cc(NC=O)cn2)cc1. The third-order valence-electron chi connectivity index (χ3n) is 5.27. The summed E-state index contributed by atoms with van der Waals surface area (Å²) in [6.45, 7) is 8.86. The molecule has 0 spiro atoms. The van der Waals surface area contributed by atoms with Crippen molar-refractivity contribution in [1.82, 2.24) is 24.9 Å². The minimum atomic E-state index is -0.0198. The molecular formula is C22H32N6O3. The van der Waals surface area contributed by atoms with Gasteiger partial charge < -0.3 is 25.2 Å². The Morgan fingerprint density at radius 3 is 2.77 bits per heavy atom. The standard InChI is InChI=1S/C22H32N6O3/c1-19-3-5-21(6-4-19)31-14-13-27(10-2-9-26-11-7-23-8-12-26)22(30)17-28-16-20(15-25-28)24-18-29/h3-6,15-16,18,23H,2,7-14,17H2,1H3,(H,24,29). The van der Waals surface area contributed by atoms with Crippen molar-refractivity contribution in [3.63, 3.8) is 0 Å². The van der Waals surface area contributed by atoms with E-state index >= 15 is 0 Å². The number of ether oxygens (including phenoxy) is 1. The van der Waals surface area contributed by atoms with Crippen LogP contribution in [0.15, 0.2) is 36.7 Å². The van der Waals surface area contributed by atoms with Crippen LogP contribution in [0.3, 0.4) is 0 Å². The highest BCUT2D eigenvalue weighted by molar-refractivity contribution is 5.76. The van der Waals surface area contributed by atoms with Gasteiger partial charge in [0.05, 0.1) is 18.4 Å².